The zero-order valence-electron chi connectivity index (χ0n) is 15.5. The van der Waals surface area contributed by atoms with Crippen molar-refractivity contribution in [3.8, 4) is 0 Å². The lowest BCUT2D eigenvalue weighted by atomic mass is 10.2. The van der Waals surface area contributed by atoms with Gasteiger partial charge in [-0.3, -0.25) is 19.2 Å². The molecule has 2 aromatic rings. The quantitative estimate of drug-likeness (QED) is 0.354. The fourth-order valence-corrected chi connectivity index (χ4v) is 5.12. The number of nitrogens with zero attached hydrogens (tertiary/aromatic N) is 3. The molecule has 1 heterocycles. The van der Waals surface area contributed by atoms with E-state index < -0.39 is 27.9 Å². The Balaban J connectivity index is 2.16. The van der Waals surface area contributed by atoms with Crippen molar-refractivity contribution < 1.29 is 22.7 Å². The first kappa shape index (κ1) is 22.1. The van der Waals surface area contributed by atoms with E-state index in [1.54, 1.807) is 37.3 Å². The molecule has 9 nitrogen and oxygen atoms in total. The summed E-state index contributed by atoms with van der Waals surface area (Å²) < 4.78 is 30.8. The number of benzene rings is 1. The van der Waals surface area contributed by atoms with Crippen LogP contribution >= 0.6 is 23.1 Å². The summed E-state index contributed by atoms with van der Waals surface area (Å²) in [5.41, 5.74) is 0.401. The van der Waals surface area contributed by atoms with Gasteiger partial charge in [-0.1, -0.05) is 48.2 Å². The van der Waals surface area contributed by atoms with Crippen LogP contribution in [-0.4, -0.2) is 55.7 Å². The maximum absolute atomic E-state index is 12.8. The Morgan fingerprint density at radius 2 is 1.96 bits per heavy atom. The Labute approximate surface area is 171 Å². The number of esters is 1. The summed E-state index contributed by atoms with van der Waals surface area (Å²) in [7, 11) is -2.41. The van der Waals surface area contributed by atoms with E-state index in [0.29, 0.717) is 10.0 Å². The molecular formula is C16H20N4O5S3. The number of nitrogens with one attached hydrogen (secondary N) is 1. The molecule has 0 aliphatic rings. The van der Waals surface area contributed by atoms with E-state index in [1.807, 2.05) is 0 Å². The molecule has 0 radical (unpaired) electrons. The summed E-state index contributed by atoms with van der Waals surface area (Å²) in [6.07, 6.45) is 1.32. The average molecular weight is 445 g/mol. The lowest BCUT2D eigenvalue weighted by molar-refractivity contribution is -0.137. The fraction of sp³-hybridized carbons (Fsp3) is 0.375. The first-order valence-corrected chi connectivity index (χ1v) is 11.8. The minimum absolute atomic E-state index is 0.0759. The fourth-order valence-electron chi connectivity index (χ4n) is 2.32. The van der Waals surface area contributed by atoms with Gasteiger partial charge < -0.3 is 4.74 Å². The van der Waals surface area contributed by atoms with Crippen LogP contribution in [0, 0.1) is 0 Å². The van der Waals surface area contributed by atoms with Crippen LogP contribution in [0.25, 0.3) is 0 Å². The molecule has 12 heteroatoms. The standard InChI is InChI=1S/C16H20N4O5S3/c1-4-12(20(28(3,23)24)11-8-6-5-7-9-11)14(22)17-15-18-19-16(27-15)26-10-13(21)25-2/h5-9,12H,4,10H2,1-3H3,(H,17,18,22). The number of hydrogen-bond donors (Lipinski definition) is 1. The Hall–Kier alpha value is -2.18. The number of sulfonamides is 1. The van der Waals surface area contributed by atoms with Gasteiger partial charge in [0.25, 0.3) is 0 Å². The molecule has 0 bridgehead atoms. The SMILES string of the molecule is CCC(C(=O)Nc1nnc(SCC(=O)OC)s1)N(c1ccccc1)S(C)(=O)=O. The second-order valence-corrected chi connectivity index (χ2v) is 9.61. The van der Waals surface area contributed by atoms with Crippen molar-refractivity contribution in [1.29, 1.82) is 0 Å². The largest absolute Gasteiger partial charge is 0.468 e. The number of carbonyl (C=O) groups excluding carboxylic acids is 2. The third-order valence-corrected chi connectivity index (χ3v) is 6.64. The van der Waals surface area contributed by atoms with E-state index in [0.717, 1.165) is 33.7 Å². The normalized spacial score (nSPS) is 12.2. The van der Waals surface area contributed by atoms with E-state index >= 15 is 0 Å². The molecule has 1 unspecified atom stereocenters. The predicted octanol–water partition coefficient (Wildman–Crippen LogP) is 1.99. The van der Waals surface area contributed by atoms with Gasteiger partial charge in [-0.25, -0.2) is 8.42 Å². The number of ether oxygens (including phenoxy) is 1. The van der Waals surface area contributed by atoms with Crippen molar-refractivity contribution in [2.45, 2.75) is 23.7 Å². The van der Waals surface area contributed by atoms with Crippen molar-refractivity contribution >= 4 is 55.8 Å². The minimum Gasteiger partial charge on any atom is -0.468 e. The molecule has 1 amide bonds. The molecule has 152 valence electrons. The molecule has 1 aromatic heterocycles. The van der Waals surface area contributed by atoms with Gasteiger partial charge in [0.1, 0.15) is 6.04 Å². The summed E-state index contributed by atoms with van der Waals surface area (Å²) in [5.74, 6) is -0.840. The van der Waals surface area contributed by atoms with E-state index in [9.17, 15) is 18.0 Å². The molecule has 0 saturated carbocycles. The summed E-state index contributed by atoms with van der Waals surface area (Å²) in [6, 6.07) is 7.47. The summed E-state index contributed by atoms with van der Waals surface area (Å²) in [4.78, 5) is 24.0. The second kappa shape index (κ2) is 9.85. The van der Waals surface area contributed by atoms with E-state index in [2.05, 4.69) is 20.3 Å². The average Bonchev–Trinajstić information content (AvgIpc) is 3.10. The molecule has 0 spiro atoms. The zero-order chi connectivity index (χ0) is 20.7. The molecule has 0 aliphatic carbocycles. The molecule has 1 N–H and O–H groups in total. The Kier molecular flexibility index (Phi) is 7.78. The number of rotatable bonds is 9. The van der Waals surface area contributed by atoms with E-state index in [1.165, 1.54) is 7.11 Å². The van der Waals surface area contributed by atoms with Crippen LogP contribution in [0.2, 0.25) is 0 Å². The van der Waals surface area contributed by atoms with Crippen molar-refractivity contribution in [3.05, 3.63) is 30.3 Å². The first-order chi connectivity index (χ1) is 13.3. The number of thioether (sulfide) groups is 1. The number of aromatic nitrogens is 2. The van der Waals surface area contributed by atoms with Crippen LogP contribution in [0.15, 0.2) is 34.7 Å². The van der Waals surface area contributed by atoms with Gasteiger partial charge in [0.05, 0.1) is 24.8 Å². The lowest BCUT2D eigenvalue weighted by Gasteiger charge is -2.29. The van der Waals surface area contributed by atoms with Gasteiger partial charge in [0, 0.05) is 0 Å². The summed E-state index contributed by atoms with van der Waals surface area (Å²) in [5, 5.41) is 10.6. The Morgan fingerprint density at radius 1 is 1.29 bits per heavy atom. The van der Waals surface area contributed by atoms with Crippen molar-refractivity contribution in [3.63, 3.8) is 0 Å². The third-order valence-electron chi connectivity index (χ3n) is 3.52. The maximum atomic E-state index is 12.8. The van der Waals surface area contributed by atoms with Gasteiger partial charge in [0.2, 0.25) is 21.1 Å². The van der Waals surface area contributed by atoms with E-state index in [-0.39, 0.29) is 17.3 Å². The number of anilines is 2. The van der Waals surface area contributed by atoms with Crippen LogP contribution < -0.4 is 9.62 Å². The summed E-state index contributed by atoms with van der Waals surface area (Å²) in [6.45, 7) is 1.73. The lowest BCUT2D eigenvalue weighted by Crippen LogP contribution is -2.46. The molecule has 1 atom stereocenters. The molecule has 0 saturated heterocycles. The smallest absolute Gasteiger partial charge is 0.316 e. The number of hydrogen-bond acceptors (Lipinski definition) is 9. The highest BCUT2D eigenvalue weighted by Gasteiger charge is 2.32. The van der Waals surface area contributed by atoms with Gasteiger partial charge in [-0.2, -0.15) is 0 Å². The summed E-state index contributed by atoms with van der Waals surface area (Å²) >= 11 is 2.23. The Morgan fingerprint density at radius 3 is 2.54 bits per heavy atom. The maximum Gasteiger partial charge on any atom is 0.316 e. The van der Waals surface area contributed by atoms with Crippen LogP contribution in [0.1, 0.15) is 13.3 Å². The van der Waals surface area contributed by atoms with Crippen LogP contribution in [-0.2, 0) is 24.3 Å². The highest BCUT2D eigenvalue weighted by molar-refractivity contribution is 8.01. The van der Waals surface area contributed by atoms with Gasteiger partial charge in [-0.05, 0) is 18.6 Å². The third kappa shape index (κ3) is 5.91. The van der Waals surface area contributed by atoms with E-state index in [4.69, 9.17) is 0 Å². The molecule has 0 fully saturated rings. The number of para-hydroxylation sites is 1. The molecule has 0 aliphatic heterocycles. The molecule has 28 heavy (non-hydrogen) atoms. The number of amides is 1. The first-order valence-electron chi connectivity index (χ1n) is 8.14. The number of methoxy groups -OCH3 is 1. The Bertz CT molecular complexity index is 917. The predicted molar refractivity (Wildman–Crippen MR) is 109 cm³/mol. The molecular weight excluding hydrogens is 424 g/mol. The van der Waals surface area contributed by atoms with Crippen molar-refractivity contribution in [1.82, 2.24) is 10.2 Å². The topological polar surface area (TPSA) is 119 Å². The van der Waals surface area contributed by atoms with Gasteiger partial charge >= 0.3 is 5.97 Å². The monoisotopic (exact) mass is 444 g/mol. The number of carbonyl (C=O) groups is 2. The van der Waals surface area contributed by atoms with Crippen molar-refractivity contribution in [2.75, 3.05) is 28.7 Å². The van der Waals surface area contributed by atoms with Crippen LogP contribution in [0.3, 0.4) is 0 Å². The second-order valence-electron chi connectivity index (χ2n) is 5.55. The van der Waals surface area contributed by atoms with Crippen LogP contribution in [0.5, 0.6) is 0 Å². The van der Waals surface area contributed by atoms with Crippen molar-refractivity contribution in [2.24, 2.45) is 0 Å². The van der Waals surface area contributed by atoms with Gasteiger partial charge in [0.15, 0.2) is 4.34 Å². The molecule has 2 rings (SSSR count). The van der Waals surface area contributed by atoms with Gasteiger partial charge in [-0.15, -0.1) is 10.2 Å². The minimum atomic E-state index is -3.70. The zero-order valence-corrected chi connectivity index (χ0v) is 17.9. The highest BCUT2D eigenvalue weighted by Crippen LogP contribution is 2.27. The molecule has 1 aromatic carbocycles. The van der Waals surface area contributed by atoms with Crippen LogP contribution in [0.4, 0.5) is 10.8 Å². The highest BCUT2D eigenvalue weighted by atomic mass is 32.2.